The van der Waals surface area contributed by atoms with Gasteiger partial charge in [0, 0.05) is 6.54 Å². The number of ether oxygens (including phenoxy) is 1. The van der Waals surface area contributed by atoms with E-state index in [9.17, 15) is 4.39 Å². The van der Waals surface area contributed by atoms with Crippen LogP contribution in [0.2, 0.25) is 0 Å². The van der Waals surface area contributed by atoms with Crippen LogP contribution in [0.3, 0.4) is 0 Å². The van der Waals surface area contributed by atoms with Crippen molar-refractivity contribution >= 4 is 5.69 Å². The molecular weight excluding hydrogens is 267 g/mol. The van der Waals surface area contributed by atoms with Crippen molar-refractivity contribution in [1.82, 2.24) is 0 Å². The molecule has 4 heteroatoms. The molecule has 0 aliphatic rings. The van der Waals surface area contributed by atoms with Gasteiger partial charge in [-0.2, -0.15) is 5.26 Å². The summed E-state index contributed by atoms with van der Waals surface area (Å²) in [6, 6.07) is 14.1. The van der Waals surface area contributed by atoms with E-state index in [2.05, 4.69) is 5.32 Å². The first-order chi connectivity index (χ1) is 10.2. The monoisotopic (exact) mass is 284 g/mol. The van der Waals surface area contributed by atoms with Gasteiger partial charge in [0.05, 0.1) is 18.4 Å². The highest BCUT2D eigenvalue weighted by atomic mass is 19.1. The number of rotatable bonds is 6. The van der Waals surface area contributed by atoms with Gasteiger partial charge in [0.25, 0.3) is 0 Å². The molecule has 108 valence electrons. The summed E-state index contributed by atoms with van der Waals surface area (Å²) in [5, 5.41) is 12.1. The Morgan fingerprint density at radius 3 is 2.62 bits per heavy atom. The average Bonchev–Trinajstić information content (AvgIpc) is 2.53. The highest BCUT2D eigenvalue weighted by Gasteiger charge is 2.03. The Morgan fingerprint density at radius 1 is 1.19 bits per heavy atom. The van der Waals surface area contributed by atoms with Gasteiger partial charge in [-0.1, -0.05) is 12.1 Å². The van der Waals surface area contributed by atoms with Crippen LogP contribution in [0.1, 0.15) is 17.5 Å². The number of aryl methyl sites for hydroxylation is 1. The number of halogens is 1. The Bertz CT molecular complexity index is 632. The topological polar surface area (TPSA) is 45.0 Å². The SMILES string of the molecule is COc1ccc(CCCNc2ccc(F)cc2C#N)cc1. The Morgan fingerprint density at radius 2 is 1.95 bits per heavy atom. The lowest BCUT2D eigenvalue weighted by atomic mass is 10.1. The summed E-state index contributed by atoms with van der Waals surface area (Å²) in [7, 11) is 1.65. The molecule has 0 aliphatic carbocycles. The lowest BCUT2D eigenvalue weighted by Crippen LogP contribution is -2.04. The summed E-state index contributed by atoms with van der Waals surface area (Å²) in [6.45, 7) is 0.729. The van der Waals surface area contributed by atoms with E-state index in [4.69, 9.17) is 10.00 Å². The van der Waals surface area contributed by atoms with Crippen molar-refractivity contribution in [3.05, 3.63) is 59.4 Å². The molecule has 2 aromatic rings. The van der Waals surface area contributed by atoms with Crippen molar-refractivity contribution in [2.24, 2.45) is 0 Å². The quantitative estimate of drug-likeness (QED) is 0.822. The van der Waals surface area contributed by atoms with E-state index < -0.39 is 5.82 Å². The summed E-state index contributed by atoms with van der Waals surface area (Å²) >= 11 is 0. The second-order valence-electron chi connectivity index (χ2n) is 4.68. The summed E-state index contributed by atoms with van der Waals surface area (Å²) in [6.07, 6.45) is 1.86. The molecule has 0 atom stereocenters. The molecule has 1 N–H and O–H groups in total. The fourth-order valence-electron chi connectivity index (χ4n) is 2.07. The van der Waals surface area contributed by atoms with Gasteiger partial charge < -0.3 is 10.1 Å². The highest BCUT2D eigenvalue weighted by molar-refractivity contribution is 5.57. The van der Waals surface area contributed by atoms with E-state index in [1.807, 2.05) is 30.3 Å². The van der Waals surface area contributed by atoms with Crippen LogP contribution in [0.4, 0.5) is 10.1 Å². The lowest BCUT2D eigenvalue weighted by molar-refractivity contribution is 0.414. The van der Waals surface area contributed by atoms with Crippen molar-refractivity contribution in [3.63, 3.8) is 0 Å². The standard InChI is InChI=1S/C17H17FN2O/c1-21-16-7-4-13(5-8-16)3-2-10-20-17-9-6-15(18)11-14(17)12-19/h4-9,11,20H,2-3,10H2,1H3. The van der Waals surface area contributed by atoms with Crippen molar-refractivity contribution < 1.29 is 9.13 Å². The molecule has 0 saturated heterocycles. The molecule has 0 saturated carbocycles. The number of nitrogens with one attached hydrogen (secondary N) is 1. The van der Waals surface area contributed by atoms with Crippen LogP contribution < -0.4 is 10.1 Å². The summed E-state index contributed by atoms with van der Waals surface area (Å²) in [5.74, 6) is 0.456. The van der Waals surface area contributed by atoms with Gasteiger partial charge in [0.2, 0.25) is 0 Å². The maximum absolute atomic E-state index is 13.0. The second-order valence-corrected chi connectivity index (χ2v) is 4.68. The second kappa shape index (κ2) is 7.30. The van der Waals surface area contributed by atoms with Gasteiger partial charge in [0.1, 0.15) is 17.6 Å². The number of methoxy groups -OCH3 is 1. The Balaban J connectivity index is 1.83. The van der Waals surface area contributed by atoms with Crippen molar-refractivity contribution in [2.75, 3.05) is 19.0 Å². The van der Waals surface area contributed by atoms with Gasteiger partial charge >= 0.3 is 0 Å². The molecule has 0 spiro atoms. The smallest absolute Gasteiger partial charge is 0.124 e. The first kappa shape index (κ1) is 14.9. The lowest BCUT2D eigenvalue weighted by Gasteiger charge is -2.08. The molecule has 0 aliphatic heterocycles. The van der Waals surface area contributed by atoms with Gasteiger partial charge in [0.15, 0.2) is 0 Å². The fraction of sp³-hybridized carbons (Fsp3) is 0.235. The van der Waals surface area contributed by atoms with E-state index in [0.717, 1.165) is 25.1 Å². The molecule has 2 rings (SSSR count). The van der Waals surface area contributed by atoms with Gasteiger partial charge in [-0.15, -0.1) is 0 Å². The number of benzene rings is 2. The molecule has 0 heterocycles. The summed E-state index contributed by atoms with van der Waals surface area (Å²) in [5.41, 5.74) is 2.24. The number of nitrogens with zero attached hydrogens (tertiary/aromatic N) is 1. The minimum atomic E-state index is -0.393. The maximum Gasteiger partial charge on any atom is 0.124 e. The zero-order chi connectivity index (χ0) is 15.1. The minimum Gasteiger partial charge on any atom is -0.497 e. The molecule has 2 aromatic carbocycles. The zero-order valence-electron chi connectivity index (χ0n) is 11.9. The third kappa shape index (κ3) is 4.22. The Labute approximate surface area is 124 Å². The highest BCUT2D eigenvalue weighted by Crippen LogP contribution is 2.16. The largest absolute Gasteiger partial charge is 0.497 e. The molecule has 0 bridgehead atoms. The molecule has 0 aromatic heterocycles. The predicted molar refractivity (Wildman–Crippen MR) is 80.9 cm³/mol. The predicted octanol–water partition coefficient (Wildman–Crippen LogP) is 3.75. The molecule has 3 nitrogen and oxygen atoms in total. The average molecular weight is 284 g/mol. The summed E-state index contributed by atoms with van der Waals surface area (Å²) < 4.78 is 18.1. The molecule has 0 unspecified atom stereocenters. The van der Waals surface area contributed by atoms with E-state index >= 15 is 0 Å². The molecular formula is C17H17FN2O. The Hall–Kier alpha value is -2.54. The normalized spacial score (nSPS) is 9.95. The van der Waals surface area contributed by atoms with E-state index in [1.165, 1.54) is 17.7 Å². The van der Waals surface area contributed by atoms with E-state index in [-0.39, 0.29) is 0 Å². The fourth-order valence-corrected chi connectivity index (χ4v) is 2.07. The Kier molecular flexibility index (Phi) is 5.16. The van der Waals surface area contributed by atoms with Crippen LogP contribution in [0, 0.1) is 17.1 Å². The van der Waals surface area contributed by atoms with Crippen LogP contribution in [-0.2, 0) is 6.42 Å². The molecule has 21 heavy (non-hydrogen) atoms. The number of anilines is 1. The summed E-state index contributed by atoms with van der Waals surface area (Å²) in [4.78, 5) is 0. The van der Waals surface area contributed by atoms with Crippen LogP contribution in [0.25, 0.3) is 0 Å². The number of nitriles is 1. The van der Waals surface area contributed by atoms with Crippen LogP contribution in [-0.4, -0.2) is 13.7 Å². The van der Waals surface area contributed by atoms with Crippen molar-refractivity contribution in [1.29, 1.82) is 5.26 Å². The maximum atomic E-state index is 13.0. The molecule has 0 fully saturated rings. The third-order valence-electron chi connectivity index (χ3n) is 3.22. The first-order valence-corrected chi connectivity index (χ1v) is 6.79. The molecule has 0 amide bonds. The van der Waals surface area contributed by atoms with Gasteiger partial charge in [-0.25, -0.2) is 4.39 Å². The molecule has 0 radical (unpaired) electrons. The number of hydrogen-bond acceptors (Lipinski definition) is 3. The van der Waals surface area contributed by atoms with Crippen LogP contribution in [0.5, 0.6) is 5.75 Å². The zero-order valence-corrected chi connectivity index (χ0v) is 11.9. The van der Waals surface area contributed by atoms with Crippen molar-refractivity contribution in [3.8, 4) is 11.8 Å². The van der Waals surface area contributed by atoms with Gasteiger partial charge in [-0.05, 0) is 48.7 Å². The number of hydrogen-bond donors (Lipinski definition) is 1. The van der Waals surface area contributed by atoms with E-state index in [1.54, 1.807) is 13.2 Å². The minimum absolute atomic E-state index is 0.333. The van der Waals surface area contributed by atoms with E-state index in [0.29, 0.717) is 11.3 Å². The van der Waals surface area contributed by atoms with Crippen LogP contribution >= 0.6 is 0 Å². The third-order valence-corrected chi connectivity index (χ3v) is 3.22. The van der Waals surface area contributed by atoms with Crippen LogP contribution in [0.15, 0.2) is 42.5 Å². The first-order valence-electron chi connectivity index (χ1n) is 6.79. The van der Waals surface area contributed by atoms with Gasteiger partial charge in [-0.3, -0.25) is 0 Å². The van der Waals surface area contributed by atoms with Crippen molar-refractivity contribution in [2.45, 2.75) is 12.8 Å².